The highest BCUT2D eigenvalue weighted by Crippen LogP contribution is 2.35. The number of imidazole rings is 1. The van der Waals surface area contributed by atoms with E-state index < -0.39 is 0 Å². The zero-order valence-electron chi connectivity index (χ0n) is 25.8. The minimum absolute atomic E-state index is 0.0895. The molecule has 1 aliphatic carbocycles. The molecule has 0 amide bonds. The van der Waals surface area contributed by atoms with Gasteiger partial charge < -0.3 is 10.3 Å². The highest BCUT2D eigenvalue weighted by Gasteiger charge is 2.28. The summed E-state index contributed by atoms with van der Waals surface area (Å²) in [5, 5.41) is 3.86. The monoisotopic (exact) mass is 592 g/mol. The maximum atomic E-state index is 4.95. The Balaban J connectivity index is 1.14. The Morgan fingerprint density at radius 2 is 1.64 bits per heavy atom. The molecule has 6 nitrogen and oxygen atoms in total. The Labute approximate surface area is 265 Å². The van der Waals surface area contributed by atoms with Crippen molar-refractivity contribution in [1.29, 1.82) is 0 Å². The van der Waals surface area contributed by atoms with Crippen LogP contribution < -0.4 is 5.32 Å². The van der Waals surface area contributed by atoms with E-state index in [2.05, 4.69) is 119 Å². The van der Waals surface area contributed by atoms with Gasteiger partial charge in [-0.05, 0) is 71.8 Å². The predicted octanol–water partition coefficient (Wildman–Crippen LogP) is 8.07. The normalized spacial score (nSPS) is 16.0. The van der Waals surface area contributed by atoms with E-state index in [9.17, 15) is 0 Å². The number of nitrogens with one attached hydrogen (secondary N) is 2. The summed E-state index contributed by atoms with van der Waals surface area (Å²) in [6.45, 7) is 4.58. The fraction of sp³-hybridized carbons (Fsp3) is 0.256. The Hall–Kier alpha value is -4.65. The van der Waals surface area contributed by atoms with E-state index >= 15 is 0 Å². The van der Waals surface area contributed by atoms with Crippen molar-refractivity contribution in [2.45, 2.75) is 63.8 Å². The topological polar surface area (TPSA) is 69.7 Å². The van der Waals surface area contributed by atoms with Crippen molar-refractivity contribution >= 4 is 11.0 Å². The second-order valence-electron chi connectivity index (χ2n) is 12.2. The maximum absolute atomic E-state index is 4.95. The average molecular weight is 593 g/mol. The van der Waals surface area contributed by atoms with Crippen molar-refractivity contribution in [3.05, 3.63) is 161 Å². The van der Waals surface area contributed by atoms with E-state index in [1.807, 2.05) is 24.5 Å². The summed E-state index contributed by atoms with van der Waals surface area (Å²) in [6, 6.07) is 38.8. The fourth-order valence-corrected chi connectivity index (χ4v) is 6.84. The molecule has 226 valence electrons. The number of para-hydroxylation sites is 2. The Morgan fingerprint density at radius 3 is 2.51 bits per heavy atom. The molecule has 1 aliphatic rings. The lowest BCUT2D eigenvalue weighted by atomic mass is 9.90. The first-order valence-corrected chi connectivity index (χ1v) is 16.1. The molecule has 3 atom stereocenters. The van der Waals surface area contributed by atoms with Gasteiger partial charge in [0.15, 0.2) is 0 Å². The van der Waals surface area contributed by atoms with Gasteiger partial charge in [0, 0.05) is 31.4 Å². The molecular weight excluding hydrogens is 552 g/mol. The lowest BCUT2D eigenvalue weighted by Gasteiger charge is -2.34. The SMILES string of the molecule is CC(c1ccccc1)C(NCc1cccc(CN(Cc2nc3ccccc3[nH]2)C2CCCc3cccnc32)c1)c1ccccn1. The summed E-state index contributed by atoms with van der Waals surface area (Å²) in [7, 11) is 0. The molecule has 0 spiro atoms. The first-order valence-electron chi connectivity index (χ1n) is 16.1. The summed E-state index contributed by atoms with van der Waals surface area (Å²) in [4.78, 5) is 20.7. The van der Waals surface area contributed by atoms with Gasteiger partial charge in [-0.2, -0.15) is 0 Å². The molecule has 0 aliphatic heterocycles. The molecule has 2 N–H and O–H groups in total. The number of fused-ring (bicyclic) bond motifs is 2. The Kier molecular flexibility index (Phi) is 8.76. The van der Waals surface area contributed by atoms with Gasteiger partial charge in [-0.3, -0.25) is 14.9 Å². The Bertz CT molecular complexity index is 1800. The number of hydrogen-bond acceptors (Lipinski definition) is 5. The lowest BCUT2D eigenvalue weighted by Crippen LogP contribution is -2.32. The van der Waals surface area contributed by atoms with Crippen LogP contribution in [0.15, 0.2) is 122 Å². The van der Waals surface area contributed by atoms with Crippen molar-refractivity contribution in [3.8, 4) is 0 Å². The number of aryl methyl sites for hydroxylation is 1. The fourth-order valence-electron chi connectivity index (χ4n) is 6.84. The van der Waals surface area contributed by atoms with Crippen molar-refractivity contribution in [1.82, 2.24) is 30.2 Å². The van der Waals surface area contributed by atoms with Crippen LogP contribution in [-0.4, -0.2) is 24.8 Å². The number of benzene rings is 3. The maximum Gasteiger partial charge on any atom is 0.121 e. The minimum Gasteiger partial charge on any atom is -0.341 e. The summed E-state index contributed by atoms with van der Waals surface area (Å²) in [5.41, 5.74) is 9.59. The van der Waals surface area contributed by atoms with Gasteiger partial charge in [0.25, 0.3) is 0 Å². The number of H-pyrrole nitrogens is 1. The zero-order chi connectivity index (χ0) is 30.4. The van der Waals surface area contributed by atoms with E-state index in [1.165, 1.54) is 34.4 Å². The summed E-state index contributed by atoms with van der Waals surface area (Å²) in [5.74, 6) is 1.26. The second-order valence-corrected chi connectivity index (χ2v) is 12.2. The lowest BCUT2D eigenvalue weighted by molar-refractivity contribution is 0.153. The molecular formula is C39H40N6. The number of rotatable bonds is 11. The molecule has 0 bridgehead atoms. The van der Waals surface area contributed by atoms with Crippen molar-refractivity contribution in [2.75, 3.05) is 0 Å². The van der Waals surface area contributed by atoms with E-state index in [-0.39, 0.29) is 18.0 Å². The third-order valence-electron chi connectivity index (χ3n) is 9.13. The number of aromatic amines is 1. The highest BCUT2D eigenvalue weighted by atomic mass is 15.2. The van der Waals surface area contributed by atoms with Crippen LogP contribution in [0, 0.1) is 0 Å². The molecule has 3 aromatic heterocycles. The second kappa shape index (κ2) is 13.6. The molecule has 0 fully saturated rings. The van der Waals surface area contributed by atoms with E-state index in [0.29, 0.717) is 0 Å². The molecule has 3 aromatic carbocycles. The summed E-state index contributed by atoms with van der Waals surface area (Å²) >= 11 is 0. The van der Waals surface area contributed by atoms with Crippen LogP contribution in [0.2, 0.25) is 0 Å². The molecule has 3 unspecified atom stereocenters. The summed E-state index contributed by atoms with van der Waals surface area (Å²) in [6.07, 6.45) is 7.18. The van der Waals surface area contributed by atoms with Crippen LogP contribution in [-0.2, 0) is 26.1 Å². The zero-order valence-corrected chi connectivity index (χ0v) is 25.8. The predicted molar refractivity (Wildman–Crippen MR) is 180 cm³/mol. The quantitative estimate of drug-likeness (QED) is 0.159. The van der Waals surface area contributed by atoms with Gasteiger partial charge in [-0.15, -0.1) is 0 Å². The van der Waals surface area contributed by atoms with Gasteiger partial charge >= 0.3 is 0 Å². The summed E-state index contributed by atoms with van der Waals surface area (Å²) < 4.78 is 0. The first-order chi connectivity index (χ1) is 22.2. The van der Waals surface area contributed by atoms with Crippen LogP contribution >= 0.6 is 0 Å². The largest absolute Gasteiger partial charge is 0.341 e. The third kappa shape index (κ3) is 6.72. The molecule has 7 rings (SSSR count). The first kappa shape index (κ1) is 29.1. The number of hydrogen-bond donors (Lipinski definition) is 2. The average Bonchev–Trinajstić information content (AvgIpc) is 3.51. The number of aromatic nitrogens is 4. The molecule has 45 heavy (non-hydrogen) atoms. The number of nitrogens with zero attached hydrogens (tertiary/aromatic N) is 4. The molecule has 6 aromatic rings. The van der Waals surface area contributed by atoms with Gasteiger partial charge in [0.2, 0.25) is 0 Å². The van der Waals surface area contributed by atoms with Gasteiger partial charge in [-0.1, -0.05) is 85.8 Å². The molecule has 0 saturated heterocycles. The standard InChI is InChI=1S/C39H40N6/c1-28(31-14-3-2-4-15-31)38(35-20-7-8-22-40-35)42-25-29-12-9-13-30(24-29)26-45(27-37-43-33-18-5-6-19-34(33)44-37)36-21-10-16-32-17-11-23-41-39(32)36/h2-9,11-15,17-20,22-24,28,36,38,42H,10,16,21,25-27H2,1H3,(H,43,44). The van der Waals surface area contributed by atoms with Crippen LogP contribution in [0.5, 0.6) is 0 Å². The molecule has 0 saturated carbocycles. The minimum atomic E-state index is 0.0895. The van der Waals surface area contributed by atoms with Gasteiger partial charge in [0.05, 0.1) is 41.0 Å². The van der Waals surface area contributed by atoms with Crippen molar-refractivity contribution in [3.63, 3.8) is 0 Å². The molecule has 6 heteroatoms. The van der Waals surface area contributed by atoms with Gasteiger partial charge in [-0.25, -0.2) is 4.98 Å². The van der Waals surface area contributed by atoms with Crippen LogP contribution in [0.25, 0.3) is 11.0 Å². The van der Waals surface area contributed by atoms with Crippen LogP contribution in [0.1, 0.15) is 77.2 Å². The van der Waals surface area contributed by atoms with Crippen molar-refractivity contribution in [2.24, 2.45) is 0 Å². The number of pyridine rings is 2. The van der Waals surface area contributed by atoms with E-state index in [0.717, 1.165) is 55.0 Å². The van der Waals surface area contributed by atoms with Crippen LogP contribution in [0.4, 0.5) is 0 Å². The van der Waals surface area contributed by atoms with Gasteiger partial charge in [0.1, 0.15) is 5.82 Å². The highest BCUT2D eigenvalue weighted by molar-refractivity contribution is 5.74. The van der Waals surface area contributed by atoms with E-state index in [1.54, 1.807) is 0 Å². The molecule has 0 radical (unpaired) electrons. The van der Waals surface area contributed by atoms with Crippen molar-refractivity contribution < 1.29 is 0 Å². The van der Waals surface area contributed by atoms with Crippen LogP contribution in [0.3, 0.4) is 0 Å². The smallest absolute Gasteiger partial charge is 0.121 e. The molecule has 3 heterocycles. The van der Waals surface area contributed by atoms with E-state index in [4.69, 9.17) is 15.0 Å². The third-order valence-corrected chi connectivity index (χ3v) is 9.13. The Morgan fingerprint density at radius 1 is 0.822 bits per heavy atom.